The number of nitrogens with one attached hydrogen (secondary N) is 1. The number of piperidine rings is 1. The van der Waals surface area contributed by atoms with Crippen LogP contribution < -0.4 is 10.1 Å². The van der Waals surface area contributed by atoms with Gasteiger partial charge in [0.15, 0.2) is 0 Å². The summed E-state index contributed by atoms with van der Waals surface area (Å²) in [6.07, 6.45) is 13.1. The van der Waals surface area contributed by atoms with E-state index in [2.05, 4.69) is 17.4 Å². The Bertz CT molecular complexity index is 756. The maximum Gasteiger partial charge on any atom is 0.511 e. The molecule has 1 aromatic carbocycles. The molecule has 0 aromatic heterocycles. The SMILES string of the molecule is O=C(OCOc1ccc2c(c1)[C@@]13CCCC[C@H]1[C@@H](C2)NCC3)OCC1CCCCC1. The Kier molecular flexibility index (Phi) is 5.90. The largest absolute Gasteiger partial charge is 0.511 e. The summed E-state index contributed by atoms with van der Waals surface area (Å²) in [5.74, 6) is 2.03. The van der Waals surface area contributed by atoms with Gasteiger partial charge in [0, 0.05) is 11.5 Å². The summed E-state index contributed by atoms with van der Waals surface area (Å²) in [6.45, 7) is 1.49. The lowest BCUT2D eigenvalue weighted by atomic mass is 9.53. The van der Waals surface area contributed by atoms with Crippen molar-refractivity contribution in [2.75, 3.05) is 19.9 Å². The van der Waals surface area contributed by atoms with Gasteiger partial charge in [-0.15, -0.1) is 0 Å². The third kappa shape index (κ3) is 3.93. The van der Waals surface area contributed by atoms with Crippen molar-refractivity contribution in [3.8, 4) is 5.75 Å². The van der Waals surface area contributed by atoms with E-state index in [-0.39, 0.29) is 6.79 Å². The van der Waals surface area contributed by atoms with Gasteiger partial charge in [0.1, 0.15) is 5.75 Å². The standard InChI is InChI=1S/C25H35NO4/c27-24(28-16-18-6-2-1-3-7-18)30-17-29-20-10-9-19-14-23-21-8-4-5-11-25(21,12-13-26-23)22(19)15-20/h9-10,15,18,21,23,26H,1-8,11-14,16-17H2/t21-,23+,25+/m0/s1. The van der Waals surface area contributed by atoms with E-state index in [0.29, 0.717) is 24.0 Å². The van der Waals surface area contributed by atoms with Gasteiger partial charge in [-0.05, 0) is 80.2 Å². The first-order valence-corrected chi connectivity index (χ1v) is 12.0. The first-order valence-electron chi connectivity index (χ1n) is 12.0. The van der Waals surface area contributed by atoms with Crippen LogP contribution in [0.4, 0.5) is 4.79 Å². The van der Waals surface area contributed by atoms with Gasteiger partial charge < -0.3 is 19.5 Å². The van der Waals surface area contributed by atoms with Gasteiger partial charge in [0.05, 0.1) is 6.61 Å². The fourth-order valence-electron chi connectivity index (χ4n) is 6.72. The lowest BCUT2D eigenvalue weighted by molar-refractivity contribution is -0.00387. The maximum absolute atomic E-state index is 11.9. The highest BCUT2D eigenvalue weighted by Gasteiger charge is 2.51. The molecule has 4 aliphatic rings. The summed E-state index contributed by atoms with van der Waals surface area (Å²) in [4.78, 5) is 11.9. The Hall–Kier alpha value is -1.75. The average molecular weight is 414 g/mol. The summed E-state index contributed by atoms with van der Waals surface area (Å²) >= 11 is 0. The molecule has 1 heterocycles. The summed E-state index contributed by atoms with van der Waals surface area (Å²) < 4.78 is 16.3. The number of ether oxygens (including phenoxy) is 3. The first kappa shape index (κ1) is 20.2. The zero-order chi connectivity index (χ0) is 20.4. The molecular formula is C25H35NO4. The third-order valence-corrected chi connectivity index (χ3v) is 8.18. The van der Waals surface area contributed by atoms with Crippen molar-refractivity contribution in [3.05, 3.63) is 29.3 Å². The number of fused-ring (bicyclic) bond motifs is 1. The monoisotopic (exact) mass is 413 g/mol. The highest BCUT2D eigenvalue weighted by molar-refractivity contribution is 5.59. The van der Waals surface area contributed by atoms with Crippen molar-refractivity contribution in [1.29, 1.82) is 0 Å². The number of carbonyl (C=O) groups is 1. The van der Waals surface area contributed by atoms with Crippen LogP contribution in [0.15, 0.2) is 18.2 Å². The Balaban J connectivity index is 1.18. The van der Waals surface area contributed by atoms with Gasteiger partial charge in [-0.25, -0.2) is 4.79 Å². The molecule has 5 rings (SSSR count). The maximum atomic E-state index is 11.9. The van der Waals surface area contributed by atoms with Crippen LogP contribution in [0.2, 0.25) is 0 Å². The lowest BCUT2D eigenvalue weighted by Crippen LogP contribution is -2.59. The van der Waals surface area contributed by atoms with E-state index in [1.165, 1.54) is 62.5 Å². The molecule has 5 heteroatoms. The van der Waals surface area contributed by atoms with Crippen molar-refractivity contribution in [2.24, 2.45) is 11.8 Å². The van der Waals surface area contributed by atoms with E-state index in [4.69, 9.17) is 14.2 Å². The quantitative estimate of drug-likeness (QED) is 0.537. The summed E-state index contributed by atoms with van der Waals surface area (Å²) in [6, 6.07) is 7.09. The molecular weight excluding hydrogens is 378 g/mol. The van der Waals surface area contributed by atoms with Gasteiger partial charge in [-0.1, -0.05) is 38.2 Å². The van der Waals surface area contributed by atoms with Crippen molar-refractivity contribution in [2.45, 2.75) is 82.1 Å². The Morgan fingerprint density at radius 3 is 2.80 bits per heavy atom. The molecule has 0 amide bonds. The van der Waals surface area contributed by atoms with Crippen molar-refractivity contribution in [3.63, 3.8) is 0 Å². The highest BCUT2D eigenvalue weighted by atomic mass is 16.8. The van der Waals surface area contributed by atoms with Gasteiger partial charge in [0.25, 0.3) is 0 Å². The summed E-state index contributed by atoms with van der Waals surface area (Å²) in [5, 5.41) is 3.78. The molecule has 0 unspecified atom stereocenters. The topological polar surface area (TPSA) is 56.8 Å². The second-order valence-corrected chi connectivity index (χ2v) is 9.81. The van der Waals surface area contributed by atoms with Crippen molar-refractivity contribution >= 4 is 6.16 Å². The summed E-state index contributed by atoms with van der Waals surface area (Å²) in [5.41, 5.74) is 3.26. The molecule has 3 atom stereocenters. The second-order valence-electron chi connectivity index (χ2n) is 9.81. The predicted molar refractivity (Wildman–Crippen MR) is 115 cm³/mol. The van der Waals surface area contributed by atoms with E-state index in [1.807, 2.05) is 6.07 Å². The van der Waals surface area contributed by atoms with E-state index in [0.717, 1.165) is 37.5 Å². The molecule has 1 saturated heterocycles. The van der Waals surface area contributed by atoms with Crippen LogP contribution in [0.5, 0.6) is 5.75 Å². The Labute approximate surface area is 179 Å². The molecule has 1 aliphatic heterocycles. The number of hydrogen-bond acceptors (Lipinski definition) is 5. The second kappa shape index (κ2) is 8.78. The number of benzene rings is 1. The van der Waals surface area contributed by atoms with Crippen LogP contribution in [0.25, 0.3) is 0 Å². The minimum absolute atomic E-state index is 0.0943. The lowest BCUT2D eigenvalue weighted by Gasteiger charge is -2.56. The van der Waals surface area contributed by atoms with Gasteiger partial charge in [-0.3, -0.25) is 0 Å². The molecule has 30 heavy (non-hydrogen) atoms. The fraction of sp³-hybridized carbons (Fsp3) is 0.720. The van der Waals surface area contributed by atoms with Crippen LogP contribution in [-0.4, -0.2) is 32.1 Å². The van der Waals surface area contributed by atoms with Crippen LogP contribution in [0.3, 0.4) is 0 Å². The Morgan fingerprint density at radius 1 is 1.03 bits per heavy atom. The normalized spacial score (nSPS) is 30.7. The van der Waals surface area contributed by atoms with Crippen molar-refractivity contribution < 1.29 is 19.0 Å². The van der Waals surface area contributed by atoms with Gasteiger partial charge >= 0.3 is 6.16 Å². The zero-order valence-corrected chi connectivity index (χ0v) is 18.0. The van der Waals surface area contributed by atoms with E-state index < -0.39 is 6.16 Å². The third-order valence-electron chi connectivity index (χ3n) is 8.18. The van der Waals surface area contributed by atoms with E-state index in [1.54, 1.807) is 0 Å². The molecule has 1 aromatic rings. The van der Waals surface area contributed by atoms with E-state index in [9.17, 15) is 4.79 Å². The van der Waals surface area contributed by atoms with Crippen LogP contribution in [0, 0.1) is 11.8 Å². The van der Waals surface area contributed by atoms with Gasteiger partial charge in [-0.2, -0.15) is 0 Å². The molecule has 2 saturated carbocycles. The Morgan fingerprint density at radius 2 is 1.90 bits per heavy atom. The number of rotatable bonds is 5. The highest BCUT2D eigenvalue weighted by Crippen LogP contribution is 2.54. The van der Waals surface area contributed by atoms with Crippen LogP contribution in [0.1, 0.15) is 75.3 Å². The minimum atomic E-state index is -0.620. The molecule has 3 fully saturated rings. The number of carbonyl (C=O) groups excluding carboxylic acids is 1. The molecule has 3 aliphatic carbocycles. The molecule has 164 valence electrons. The van der Waals surface area contributed by atoms with Gasteiger partial charge in [0.2, 0.25) is 6.79 Å². The molecule has 1 N–H and O–H groups in total. The zero-order valence-electron chi connectivity index (χ0n) is 18.0. The molecule has 0 radical (unpaired) electrons. The summed E-state index contributed by atoms with van der Waals surface area (Å²) in [7, 11) is 0. The molecule has 2 bridgehead atoms. The molecule has 5 nitrogen and oxygen atoms in total. The number of hydrogen-bond donors (Lipinski definition) is 1. The minimum Gasteiger partial charge on any atom is -0.457 e. The van der Waals surface area contributed by atoms with Crippen LogP contribution >= 0.6 is 0 Å². The average Bonchev–Trinajstić information content (AvgIpc) is 2.79. The van der Waals surface area contributed by atoms with Crippen molar-refractivity contribution in [1.82, 2.24) is 5.32 Å². The molecule has 0 spiro atoms. The predicted octanol–water partition coefficient (Wildman–Crippen LogP) is 5.10. The van der Waals surface area contributed by atoms with E-state index >= 15 is 0 Å². The smallest absolute Gasteiger partial charge is 0.457 e. The first-order chi connectivity index (χ1) is 14.7. The van der Waals surface area contributed by atoms with Crippen LogP contribution in [-0.2, 0) is 21.3 Å². The fourth-order valence-corrected chi connectivity index (χ4v) is 6.72.